The average molecular weight is 213 g/mol. The first-order valence-electron chi connectivity index (χ1n) is 5.27. The van der Waals surface area contributed by atoms with Gasteiger partial charge in [0.15, 0.2) is 0 Å². The summed E-state index contributed by atoms with van der Waals surface area (Å²) in [4.78, 5) is 8.08. The second kappa shape index (κ2) is 4.41. The van der Waals surface area contributed by atoms with Gasteiger partial charge in [0.2, 0.25) is 0 Å². The Balaban J connectivity index is 2.41. The van der Waals surface area contributed by atoms with Gasteiger partial charge < -0.3 is 5.73 Å². The van der Waals surface area contributed by atoms with Crippen molar-refractivity contribution in [1.82, 2.24) is 9.97 Å². The van der Waals surface area contributed by atoms with Gasteiger partial charge in [0.05, 0.1) is 11.7 Å². The average Bonchev–Trinajstić information content (AvgIpc) is 2.32. The van der Waals surface area contributed by atoms with Crippen LogP contribution in [0, 0.1) is 13.8 Å². The second-order valence-corrected chi connectivity index (χ2v) is 3.97. The number of aromatic nitrogens is 2. The van der Waals surface area contributed by atoms with Crippen molar-refractivity contribution in [3.05, 3.63) is 59.2 Å². The Labute approximate surface area is 95.4 Å². The third kappa shape index (κ3) is 2.09. The largest absolute Gasteiger partial charge is 0.319 e. The Morgan fingerprint density at radius 2 is 2.00 bits per heavy atom. The minimum Gasteiger partial charge on any atom is -0.319 e. The molecule has 1 heterocycles. The molecular weight excluding hydrogens is 198 g/mol. The van der Waals surface area contributed by atoms with Crippen LogP contribution in [0.25, 0.3) is 0 Å². The van der Waals surface area contributed by atoms with Crippen LogP contribution in [0.15, 0.2) is 36.8 Å². The molecule has 1 aromatic heterocycles. The molecule has 2 rings (SSSR count). The van der Waals surface area contributed by atoms with E-state index in [2.05, 4.69) is 42.0 Å². The van der Waals surface area contributed by atoms with Crippen LogP contribution in [-0.4, -0.2) is 9.97 Å². The van der Waals surface area contributed by atoms with E-state index in [9.17, 15) is 0 Å². The number of rotatable bonds is 2. The van der Waals surface area contributed by atoms with Crippen LogP contribution in [0.2, 0.25) is 0 Å². The number of aryl methyl sites for hydroxylation is 2. The fourth-order valence-electron chi connectivity index (χ4n) is 1.74. The molecule has 2 aromatic rings. The highest BCUT2D eigenvalue weighted by atomic mass is 14.8. The Hall–Kier alpha value is -1.74. The van der Waals surface area contributed by atoms with E-state index in [4.69, 9.17) is 5.73 Å². The molecular formula is C13H15N3. The zero-order valence-corrected chi connectivity index (χ0v) is 9.51. The molecule has 0 aliphatic heterocycles. The van der Waals surface area contributed by atoms with Gasteiger partial charge in [0.1, 0.15) is 6.33 Å². The van der Waals surface area contributed by atoms with Crippen LogP contribution in [0.4, 0.5) is 0 Å². The number of hydrogen-bond donors (Lipinski definition) is 1. The predicted molar refractivity (Wildman–Crippen MR) is 64.0 cm³/mol. The van der Waals surface area contributed by atoms with Crippen molar-refractivity contribution in [3.8, 4) is 0 Å². The van der Waals surface area contributed by atoms with E-state index in [1.807, 2.05) is 6.07 Å². The molecule has 1 unspecified atom stereocenters. The molecule has 0 saturated carbocycles. The van der Waals surface area contributed by atoms with Gasteiger partial charge in [-0.25, -0.2) is 9.97 Å². The Morgan fingerprint density at radius 1 is 1.19 bits per heavy atom. The topological polar surface area (TPSA) is 51.8 Å². The van der Waals surface area contributed by atoms with Crippen LogP contribution in [0.3, 0.4) is 0 Å². The van der Waals surface area contributed by atoms with Crippen molar-refractivity contribution in [2.24, 2.45) is 5.73 Å². The second-order valence-electron chi connectivity index (χ2n) is 3.97. The summed E-state index contributed by atoms with van der Waals surface area (Å²) in [6.45, 7) is 4.13. The Morgan fingerprint density at radius 3 is 2.69 bits per heavy atom. The molecule has 1 aromatic carbocycles. The SMILES string of the molecule is Cc1ccc(C)c(C(N)c2ccncn2)c1. The summed E-state index contributed by atoms with van der Waals surface area (Å²) in [7, 11) is 0. The van der Waals surface area contributed by atoms with Crippen molar-refractivity contribution in [2.75, 3.05) is 0 Å². The van der Waals surface area contributed by atoms with E-state index < -0.39 is 0 Å². The van der Waals surface area contributed by atoms with E-state index in [1.165, 1.54) is 17.5 Å². The summed E-state index contributed by atoms with van der Waals surface area (Å²) in [5.74, 6) is 0. The maximum Gasteiger partial charge on any atom is 0.115 e. The molecule has 0 aliphatic rings. The highest BCUT2D eigenvalue weighted by Gasteiger charge is 2.12. The van der Waals surface area contributed by atoms with Gasteiger partial charge in [-0.3, -0.25) is 0 Å². The highest BCUT2D eigenvalue weighted by Crippen LogP contribution is 2.21. The van der Waals surface area contributed by atoms with E-state index in [1.54, 1.807) is 6.20 Å². The summed E-state index contributed by atoms with van der Waals surface area (Å²) in [5, 5.41) is 0. The maximum atomic E-state index is 6.20. The molecule has 82 valence electrons. The number of benzene rings is 1. The molecule has 1 atom stereocenters. The Bertz CT molecular complexity index is 480. The van der Waals surface area contributed by atoms with Gasteiger partial charge in [0, 0.05) is 6.20 Å². The standard InChI is InChI=1S/C13H15N3/c1-9-3-4-10(2)11(7-9)13(14)12-5-6-15-8-16-12/h3-8,13H,14H2,1-2H3. The minimum absolute atomic E-state index is 0.178. The third-order valence-electron chi connectivity index (χ3n) is 2.69. The third-order valence-corrected chi connectivity index (χ3v) is 2.69. The van der Waals surface area contributed by atoms with Gasteiger partial charge in [-0.2, -0.15) is 0 Å². The number of nitrogens with zero attached hydrogens (tertiary/aromatic N) is 2. The molecule has 0 amide bonds. The fraction of sp³-hybridized carbons (Fsp3) is 0.231. The molecule has 16 heavy (non-hydrogen) atoms. The lowest BCUT2D eigenvalue weighted by molar-refractivity contribution is 0.811. The van der Waals surface area contributed by atoms with Crippen molar-refractivity contribution < 1.29 is 0 Å². The summed E-state index contributed by atoms with van der Waals surface area (Å²) in [5.41, 5.74) is 10.6. The predicted octanol–water partition coefficient (Wildman–Crippen LogP) is 2.14. The van der Waals surface area contributed by atoms with Crippen molar-refractivity contribution in [1.29, 1.82) is 0 Å². The van der Waals surface area contributed by atoms with Gasteiger partial charge in [-0.05, 0) is 31.0 Å². The van der Waals surface area contributed by atoms with Crippen LogP contribution < -0.4 is 5.73 Å². The molecule has 0 spiro atoms. The quantitative estimate of drug-likeness (QED) is 0.831. The lowest BCUT2D eigenvalue weighted by atomic mass is 9.97. The molecule has 3 nitrogen and oxygen atoms in total. The lowest BCUT2D eigenvalue weighted by Gasteiger charge is -2.14. The van der Waals surface area contributed by atoms with E-state index >= 15 is 0 Å². The fourth-order valence-corrected chi connectivity index (χ4v) is 1.74. The summed E-state index contributed by atoms with van der Waals surface area (Å²) < 4.78 is 0. The van der Waals surface area contributed by atoms with E-state index in [0.29, 0.717) is 0 Å². The Kier molecular flexibility index (Phi) is 2.97. The molecule has 0 radical (unpaired) electrons. The monoisotopic (exact) mass is 213 g/mol. The molecule has 0 bridgehead atoms. The van der Waals surface area contributed by atoms with Crippen LogP contribution in [0.1, 0.15) is 28.4 Å². The highest BCUT2D eigenvalue weighted by molar-refractivity contribution is 5.36. The first kappa shape index (κ1) is 10.8. The maximum absolute atomic E-state index is 6.20. The van der Waals surface area contributed by atoms with Crippen LogP contribution in [-0.2, 0) is 0 Å². The molecule has 0 saturated heterocycles. The van der Waals surface area contributed by atoms with Crippen molar-refractivity contribution >= 4 is 0 Å². The van der Waals surface area contributed by atoms with Crippen LogP contribution >= 0.6 is 0 Å². The smallest absolute Gasteiger partial charge is 0.115 e. The zero-order chi connectivity index (χ0) is 11.5. The first-order valence-corrected chi connectivity index (χ1v) is 5.27. The summed E-state index contributed by atoms with van der Waals surface area (Å²) in [6.07, 6.45) is 3.24. The first-order chi connectivity index (χ1) is 7.68. The molecule has 2 N–H and O–H groups in total. The normalized spacial score (nSPS) is 12.4. The zero-order valence-electron chi connectivity index (χ0n) is 9.51. The summed E-state index contributed by atoms with van der Waals surface area (Å²) in [6, 6.07) is 7.97. The van der Waals surface area contributed by atoms with E-state index in [-0.39, 0.29) is 6.04 Å². The van der Waals surface area contributed by atoms with Gasteiger partial charge in [-0.1, -0.05) is 23.8 Å². The molecule has 0 aliphatic carbocycles. The van der Waals surface area contributed by atoms with Crippen molar-refractivity contribution in [3.63, 3.8) is 0 Å². The van der Waals surface area contributed by atoms with Crippen LogP contribution in [0.5, 0.6) is 0 Å². The van der Waals surface area contributed by atoms with Gasteiger partial charge in [-0.15, -0.1) is 0 Å². The molecule has 0 fully saturated rings. The number of hydrogen-bond acceptors (Lipinski definition) is 3. The van der Waals surface area contributed by atoms with E-state index in [0.717, 1.165) is 11.3 Å². The molecule has 3 heteroatoms. The lowest BCUT2D eigenvalue weighted by Crippen LogP contribution is -2.15. The number of nitrogens with two attached hydrogens (primary N) is 1. The van der Waals surface area contributed by atoms with Gasteiger partial charge >= 0.3 is 0 Å². The minimum atomic E-state index is -0.178. The summed E-state index contributed by atoms with van der Waals surface area (Å²) >= 11 is 0. The van der Waals surface area contributed by atoms with Crippen molar-refractivity contribution in [2.45, 2.75) is 19.9 Å². The van der Waals surface area contributed by atoms with Gasteiger partial charge in [0.25, 0.3) is 0 Å².